The maximum absolute atomic E-state index is 12.1. The largest absolute Gasteiger partial charge is 0.479 e. The second-order valence-electron chi connectivity index (χ2n) is 7.01. The molecule has 0 aliphatic carbocycles. The summed E-state index contributed by atoms with van der Waals surface area (Å²) in [5.74, 6) is -3.55. The lowest BCUT2D eigenvalue weighted by Gasteiger charge is -2.45. The number of carbonyl (C=O) groups is 4. The molecule has 1 aliphatic rings. The van der Waals surface area contributed by atoms with Crippen molar-refractivity contribution in [1.29, 1.82) is 0 Å². The van der Waals surface area contributed by atoms with Crippen molar-refractivity contribution in [2.75, 3.05) is 0 Å². The van der Waals surface area contributed by atoms with Crippen molar-refractivity contribution in [3.05, 3.63) is 35.9 Å². The third kappa shape index (κ3) is 6.74. The zero-order chi connectivity index (χ0) is 23.1. The maximum atomic E-state index is 12.1. The molecule has 170 valence electrons. The minimum Gasteiger partial charge on any atom is -0.479 e. The van der Waals surface area contributed by atoms with E-state index in [9.17, 15) is 24.3 Å². The van der Waals surface area contributed by atoms with Crippen LogP contribution >= 0.6 is 0 Å². The number of hydrogen-bond acceptors (Lipinski definition) is 8. The third-order valence-corrected chi connectivity index (χ3v) is 4.47. The zero-order valence-corrected chi connectivity index (χ0v) is 17.3. The van der Waals surface area contributed by atoms with E-state index in [-0.39, 0.29) is 6.61 Å². The van der Waals surface area contributed by atoms with Crippen molar-refractivity contribution < 1.29 is 43.2 Å². The molecule has 31 heavy (non-hydrogen) atoms. The lowest BCUT2D eigenvalue weighted by atomic mass is 9.95. The first-order valence-electron chi connectivity index (χ1n) is 9.53. The fourth-order valence-corrected chi connectivity index (χ4v) is 3.12. The van der Waals surface area contributed by atoms with Gasteiger partial charge >= 0.3 is 11.9 Å². The molecule has 11 heteroatoms. The first-order valence-corrected chi connectivity index (χ1v) is 9.53. The zero-order valence-electron chi connectivity index (χ0n) is 17.3. The summed E-state index contributed by atoms with van der Waals surface area (Å²) in [7, 11) is 0. The van der Waals surface area contributed by atoms with Crippen LogP contribution in [-0.4, -0.2) is 65.6 Å². The highest BCUT2D eigenvalue weighted by Crippen LogP contribution is 2.28. The molecule has 1 aromatic rings. The van der Waals surface area contributed by atoms with Crippen molar-refractivity contribution in [2.24, 2.45) is 5.73 Å². The average molecular weight is 438 g/mol. The summed E-state index contributed by atoms with van der Waals surface area (Å²) in [6, 6.07) is 7.91. The molecule has 0 aromatic heterocycles. The van der Waals surface area contributed by atoms with Gasteiger partial charge in [-0.25, -0.2) is 4.79 Å². The van der Waals surface area contributed by atoms with Crippen LogP contribution in [0.4, 0.5) is 0 Å². The summed E-state index contributed by atoms with van der Waals surface area (Å²) in [6.45, 7) is 3.63. The number of esters is 1. The second-order valence-corrected chi connectivity index (χ2v) is 7.01. The van der Waals surface area contributed by atoms with Gasteiger partial charge in [0.25, 0.3) is 5.91 Å². The van der Waals surface area contributed by atoms with E-state index in [0.717, 1.165) is 12.5 Å². The first kappa shape index (κ1) is 24.3. The first-order chi connectivity index (χ1) is 14.6. The number of ether oxygens (including phenoxy) is 4. The normalized spacial score (nSPS) is 26.5. The highest BCUT2D eigenvalue weighted by atomic mass is 16.7. The summed E-state index contributed by atoms with van der Waals surface area (Å²) in [5.41, 5.74) is 6.21. The van der Waals surface area contributed by atoms with Gasteiger partial charge in [-0.2, -0.15) is 0 Å². The van der Waals surface area contributed by atoms with Gasteiger partial charge in [0.05, 0.1) is 6.61 Å². The fraction of sp³-hybridized carbons (Fsp3) is 0.500. The van der Waals surface area contributed by atoms with Crippen LogP contribution < -0.4 is 11.1 Å². The van der Waals surface area contributed by atoms with Crippen molar-refractivity contribution in [3.63, 3.8) is 0 Å². The van der Waals surface area contributed by atoms with Gasteiger partial charge in [0.1, 0.15) is 12.1 Å². The Labute approximate surface area is 178 Å². The maximum Gasteiger partial charge on any atom is 0.332 e. The minimum absolute atomic E-state index is 0.0481. The van der Waals surface area contributed by atoms with Gasteiger partial charge in [-0.05, 0) is 12.5 Å². The van der Waals surface area contributed by atoms with Gasteiger partial charge in [-0.3, -0.25) is 14.4 Å². The van der Waals surface area contributed by atoms with Gasteiger partial charge in [0.2, 0.25) is 5.91 Å². The highest BCUT2D eigenvalue weighted by Gasteiger charge is 2.52. The van der Waals surface area contributed by atoms with Crippen molar-refractivity contribution >= 4 is 23.8 Å². The Kier molecular flexibility index (Phi) is 8.48. The number of nitrogens with one attached hydrogen (secondary N) is 1. The van der Waals surface area contributed by atoms with E-state index in [1.807, 2.05) is 6.07 Å². The molecule has 1 heterocycles. The summed E-state index contributed by atoms with van der Waals surface area (Å²) in [6.07, 6.45) is -6.82. The smallest absolute Gasteiger partial charge is 0.332 e. The van der Waals surface area contributed by atoms with E-state index in [2.05, 4.69) is 5.32 Å². The van der Waals surface area contributed by atoms with Gasteiger partial charge < -0.3 is 35.1 Å². The van der Waals surface area contributed by atoms with E-state index in [4.69, 9.17) is 24.7 Å². The van der Waals surface area contributed by atoms with Gasteiger partial charge in [-0.15, -0.1) is 0 Å². The van der Waals surface area contributed by atoms with Gasteiger partial charge in [-0.1, -0.05) is 30.3 Å². The highest BCUT2D eigenvalue weighted by molar-refractivity contribution is 5.81. The minimum atomic E-state index is -1.50. The van der Waals surface area contributed by atoms with Gasteiger partial charge in [0.15, 0.2) is 24.6 Å². The lowest BCUT2D eigenvalue weighted by molar-refractivity contribution is -0.276. The van der Waals surface area contributed by atoms with E-state index in [1.165, 1.54) is 13.8 Å². The molecule has 2 amide bonds. The SMILES string of the molecule is CC(=O)NC1C(OCc2ccccc2)OC(C(N)=O)C(OC(C)=O)C1OC(C)C(=O)O. The molecule has 0 bridgehead atoms. The molecule has 1 aliphatic heterocycles. The molecule has 1 fully saturated rings. The quantitative estimate of drug-likeness (QED) is 0.439. The number of carbonyl (C=O) groups excluding carboxylic acids is 3. The van der Waals surface area contributed by atoms with Crippen molar-refractivity contribution in [3.8, 4) is 0 Å². The summed E-state index contributed by atoms with van der Waals surface area (Å²) >= 11 is 0. The van der Waals surface area contributed by atoms with E-state index >= 15 is 0 Å². The van der Waals surface area contributed by atoms with E-state index < -0.39 is 60.5 Å². The van der Waals surface area contributed by atoms with Crippen molar-refractivity contribution in [2.45, 2.75) is 64.1 Å². The van der Waals surface area contributed by atoms with E-state index in [1.54, 1.807) is 24.3 Å². The Morgan fingerprint density at radius 1 is 1.16 bits per heavy atom. The topological polar surface area (TPSA) is 163 Å². The third-order valence-electron chi connectivity index (χ3n) is 4.47. The number of carboxylic acid groups (broad SMARTS) is 1. The number of aliphatic carboxylic acids is 1. The van der Waals surface area contributed by atoms with Crippen LogP contribution in [-0.2, 0) is 44.7 Å². The van der Waals surface area contributed by atoms with Crippen LogP contribution in [0.25, 0.3) is 0 Å². The van der Waals surface area contributed by atoms with Crippen LogP contribution in [0, 0.1) is 0 Å². The molecule has 2 rings (SSSR count). The lowest BCUT2D eigenvalue weighted by Crippen LogP contribution is -2.68. The Hall–Kier alpha value is -3.02. The van der Waals surface area contributed by atoms with Crippen molar-refractivity contribution in [1.82, 2.24) is 5.32 Å². The molecule has 1 saturated heterocycles. The summed E-state index contributed by atoms with van der Waals surface area (Å²) in [5, 5.41) is 11.8. The number of benzene rings is 1. The summed E-state index contributed by atoms with van der Waals surface area (Å²) < 4.78 is 22.2. The molecule has 1 aromatic carbocycles. The molecule has 0 spiro atoms. The second kappa shape index (κ2) is 10.8. The van der Waals surface area contributed by atoms with E-state index in [0.29, 0.717) is 0 Å². The molecule has 0 radical (unpaired) electrons. The number of carboxylic acids is 1. The standard InChI is InChI=1S/C20H26N2O9/c1-10(19(26)27)29-15-14(22-11(2)23)20(28-9-13-7-5-4-6-8-13)31-17(18(21)25)16(15)30-12(3)24/h4-8,10,14-17,20H,9H2,1-3H3,(H2,21,25)(H,22,23)(H,26,27). The fourth-order valence-electron chi connectivity index (χ4n) is 3.12. The molecular formula is C20H26N2O9. The van der Waals surface area contributed by atoms with Crippen LogP contribution in [0.15, 0.2) is 30.3 Å². The Balaban J connectivity index is 2.40. The Morgan fingerprint density at radius 3 is 2.32 bits per heavy atom. The number of nitrogens with two attached hydrogens (primary N) is 1. The number of amides is 2. The molecule has 6 unspecified atom stereocenters. The van der Waals surface area contributed by atoms with Gasteiger partial charge in [0, 0.05) is 13.8 Å². The average Bonchev–Trinajstić information content (AvgIpc) is 2.69. The van der Waals surface area contributed by atoms with Crippen LogP contribution in [0.2, 0.25) is 0 Å². The number of rotatable bonds is 9. The Morgan fingerprint density at radius 2 is 1.81 bits per heavy atom. The van der Waals surface area contributed by atoms with Crippen LogP contribution in [0.5, 0.6) is 0 Å². The molecule has 6 atom stereocenters. The predicted octanol–water partition coefficient (Wildman–Crippen LogP) is -0.292. The number of hydrogen-bond donors (Lipinski definition) is 3. The monoisotopic (exact) mass is 438 g/mol. The molecule has 4 N–H and O–H groups in total. The molecule has 0 saturated carbocycles. The summed E-state index contributed by atoms with van der Waals surface area (Å²) in [4.78, 5) is 46.9. The predicted molar refractivity (Wildman–Crippen MR) is 104 cm³/mol. The molecule has 11 nitrogen and oxygen atoms in total. The van der Waals surface area contributed by atoms with Crippen LogP contribution in [0.3, 0.4) is 0 Å². The molecular weight excluding hydrogens is 412 g/mol. The number of primary amides is 1. The Bertz CT molecular complexity index is 801. The van der Waals surface area contributed by atoms with Crippen LogP contribution in [0.1, 0.15) is 26.3 Å².